The monoisotopic (exact) mass is 154 g/mol. The second kappa shape index (κ2) is 104. The molecule has 0 heterocycles. The van der Waals surface area contributed by atoms with Crippen LogP contribution in [-0.2, 0) is 0 Å². The van der Waals surface area contributed by atoms with Gasteiger partial charge in [0.15, 0.2) is 17.4 Å². The van der Waals surface area contributed by atoms with Gasteiger partial charge in [-0.1, -0.05) is 0 Å². The van der Waals surface area contributed by atoms with Gasteiger partial charge in [0, 0.05) is 0 Å². The molecule has 0 aromatic rings. The van der Waals surface area contributed by atoms with Crippen LogP contribution in [0.15, 0.2) is 0 Å². The lowest BCUT2D eigenvalue weighted by atomic mass is 16.0. The number of hydrogen-bond donors (Lipinski definition) is 0. The van der Waals surface area contributed by atoms with Gasteiger partial charge in [-0.05, 0) is 0 Å². The van der Waals surface area contributed by atoms with Crippen molar-refractivity contribution >= 4 is 63.5 Å². The Morgan fingerprint density at radius 1 is 0.429 bits per heavy atom. The fourth-order valence-electron chi connectivity index (χ4n) is 0. The van der Waals surface area contributed by atoms with Crippen molar-refractivity contribution in [2.75, 3.05) is 0 Å². The van der Waals surface area contributed by atoms with Gasteiger partial charge in [-0.3, -0.25) is 0 Å². The molecule has 0 unspecified atom stereocenters. The second-order valence-corrected chi connectivity index (χ2v) is 0. The largest absolute Gasteiger partial charge is 0.412 e. The molecule has 7 heavy (non-hydrogen) atoms. The highest BCUT2D eigenvalue weighted by Gasteiger charge is 0.317. The van der Waals surface area contributed by atoms with Crippen LogP contribution in [0.3, 0.4) is 0 Å². The highest BCUT2D eigenvalue weighted by molar-refractivity contribution is 5.76. The lowest BCUT2D eigenvalue weighted by Gasteiger charge is -0.413. The molecule has 0 fully saturated rings. The van der Waals surface area contributed by atoms with Gasteiger partial charge in [-0.15, -0.1) is 0 Å². The molecule has 0 rings (SSSR count). The summed E-state index contributed by atoms with van der Waals surface area (Å²) in [6.07, 6.45) is 0. The molecule has 8 N–H and O–H groups in total. The predicted octanol–water partition coefficient (Wildman–Crippen LogP) is -6.32. The Balaban J connectivity index is 0. The van der Waals surface area contributed by atoms with Crippen LogP contribution < -0.4 is 0 Å². The van der Waals surface area contributed by atoms with Crippen LogP contribution >= 0.6 is 0 Å². The van der Waals surface area contributed by atoms with Crippen LogP contribution in [0, 0.1) is 0 Å². The summed E-state index contributed by atoms with van der Waals surface area (Å²) < 4.78 is 0. The van der Waals surface area contributed by atoms with Gasteiger partial charge in [0.05, 0.1) is 0 Å². The molecule has 0 atom stereocenters. The summed E-state index contributed by atoms with van der Waals surface area (Å²) in [7, 11) is 0. The molecule has 46 valence electrons. The van der Waals surface area contributed by atoms with Crippen LogP contribution in [0.2, 0.25) is 0 Å². The highest BCUT2D eigenvalue weighted by Crippen LogP contribution is -0.286. The third-order valence-corrected chi connectivity index (χ3v) is 0. The minimum Gasteiger partial charge on any atom is -0.412 e. The van der Waals surface area contributed by atoms with Crippen LogP contribution in [0.4, 0.5) is 0 Å². The summed E-state index contributed by atoms with van der Waals surface area (Å²) in [5.41, 5.74) is 0. The maximum Gasteiger partial charge on any atom is 0.316 e. The maximum atomic E-state index is 0. The van der Waals surface area contributed by atoms with E-state index >= 15 is 0 Å². The topological polar surface area (TPSA) is 126 Å². The first kappa shape index (κ1) is 153. The van der Waals surface area contributed by atoms with Crippen LogP contribution in [0.1, 0.15) is 0 Å². The first-order valence-corrected chi connectivity index (χ1v) is 0. The first-order chi connectivity index (χ1) is 0. The van der Waals surface area contributed by atoms with Gasteiger partial charge in [0.2, 0.25) is 0 Å². The van der Waals surface area contributed by atoms with Gasteiger partial charge in [0.1, 0.15) is 0 Å². The third-order valence-electron chi connectivity index (χ3n) is 0. The highest BCUT2D eigenvalue weighted by atomic mass is 27.0. The summed E-state index contributed by atoms with van der Waals surface area (Å²) >= 11 is 0. The summed E-state index contributed by atoms with van der Waals surface area (Å²) in [6.45, 7) is 0. The smallest absolute Gasteiger partial charge is 0.316 e. The van der Waals surface area contributed by atoms with Crippen molar-refractivity contribution in [1.82, 2.24) is 0 Å². The van der Waals surface area contributed by atoms with Gasteiger partial charge < -0.3 is 21.9 Å². The normalized spacial score (nSPS) is 0. The SMILES string of the molecule is O.O.O.O.[AlH3].[MgH2].[MgH2]. The summed E-state index contributed by atoms with van der Waals surface area (Å²) in [6, 6.07) is 0. The van der Waals surface area contributed by atoms with Gasteiger partial charge in [-0.2, -0.15) is 0 Å². The second-order valence-electron chi connectivity index (χ2n) is 0. The molecule has 0 saturated carbocycles. The average molecular weight is 155 g/mol. The molecule has 0 aromatic carbocycles. The lowest BCUT2D eigenvalue weighted by molar-refractivity contribution is 0.823. The minimum absolute atomic E-state index is 0. The molecule has 0 spiro atoms. The molecule has 0 saturated heterocycles. The standard InChI is InChI=1S/Al.2Mg.4H2O.7H/h;;;4*1H2;;;;;;;. The van der Waals surface area contributed by atoms with E-state index in [1.54, 1.807) is 0 Å². The molecular formula is H15AlMg2O4. The zero-order valence-electron chi connectivity index (χ0n) is 2.00. The number of rotatable bonds is 0. The molecule has 0 aromatic heterocycles. The van der Waals surface area contributed by atoms with Crippen LogP contribution in [0.25, 0.3) is 0 Å². The molecule has 0 radical (unpaired) electrons. The van der Waals surface area contributed by atoms with Gasteiger partial charge >= 0.3 is 46.1 Å². The van der Waals surface area contributed by atoms with E-state index in [2.05, 4.69) is 0 Å². The van der Waals surface area contributed by atoms with Crippen molar-refractivity contribution in [1.29, 1.82) is 0 Å². The Bertz CT molecular complexity index is 9.65. The summed E-state index contributed by atoms with van der Waals surface area (Å²) in [4.78, 5) is 0. The Kier molecular flexibility index (Phi) is 2280. The molecule has 7 heteroatoms. The van der Waals surface area contributed by atoms with E-state index in [1.165, 1.54) is 0 Å². The maximum absolute atomic E-state index is 0. The fourth-order valence-corrected chi connectivity index (χ4v) is 0. The van der Waals surface area contributed by atoms with E-state index in [9.17, 15) is 0 Å². The van der Waals surface area contributed by atoms with E-state index < -0.39 is 0 Å². The van der Waals surface area contributed by atoms with Crippen molar-refractivity contribution < 1.29 is 21.9 Å². The van der Waals surface area contributed by atoms with Crippen LogP contribution in [0.5, 0.6) is 0 Å². The van der Waals surface area contributed by atoms with E-state index in [0.29, 0.717) is 0 Å². The summed E-state index contributed by atoms with van der Waals surface area (Å²) in [5.74, 6) is 0. The third kappa shape index (κ3) is 76.0. The average Bonchev–Trinajstić information content (AvgIpc) is 0. The van der Waals surface area contributed by atoms with E-state index in [1.807, 2.05) is 0 Å². The van der Waals surface area contributed by atoms with Crippen molar-refractivity contribution in [2.45, 2.75) is 0 Å². The minimum atomic E-state index is 0. The quantitative estimate of drug-likeness (QED) is 0.308. The van der Waals surface area contributed by atoms with Gasteiger partial charge in [0.25, 0.3) is 0 Å². The fraction of sp³-hybridized carbons (Fsp3) is 0. The lowest BCUT2D eigenvalue weighted by Crippen LogP contribution is -0.382. The zero-order valence-corrected chi connectivity index (χ0v) is 2.00. The molecule has 0 aliphatic carbocycles. The summed E-state index contributed by atoms with van der Waals surface area (Å²) in [5, 5.41) is 0. The van der Waals surface area contributed by atoms with E-state index in [4.69, 9.17) is 0 Å². The molecule has 4 nitrogen and oxygen atoms in total. The zero-order chi connectivity index (χ0) is 0. The van der Waals surface area contributed by atoms with Crippen LogP contribution in [-0.4, -0.2) is 85.4 Å². The molecule has 0 amide bonds. The first-order valence-electron chi connectivity index (χ1n) is 0. The Labute approximate surface area is 84.7 Å². The van der Waals surface area contributed by atoms with Gasteiger partial charge in [-0.25, -0.2) is 0 Å². The Morgan fingerprint density at radius 3 is 0.429 bits per heavy atom. The van der Waals surface area contributed by atoms with Crippen molar-refractivity contribution in [3.63, 3.8) is 0 Å². The Morgan fingerprint density at radius 2 is 0.429 bits per heavy atom. The van der Waals surface area contributed by atoms with Crippen molar-refractivity contribution in [3.05, 3.63) is 0 Å². The molecule has 0 aliphatic heterocycles. The van der Waals surface area contributed by atoms with E-state index in [-0.39, 0.29) is 85.4 Å². The van der Waals surface area contributed by atoms with Crippen molar-refractivity contribution in [3.8, 4) is 0 Å². The Hall–Kier alpha value is 1.90. The predicted molar refractivity (Wildman–Crippen MR) is 41.5 cm³/mol. The molecule has 0 bridgehead atoms. The molecule has 0 aliphatic rings. The number of hydrogen-bond acceptors (Lipinski definition) is 0. The molecular weight excluding hydrogens is 140 g/mol. The van der Waals surface area contributed by atoms with Crippen molar-refractivity contribution in [2.24, 2.45) is 0 Å². The van der Waals surface area contributed by atoms with E-state index in [0.717, 1.165) is 0 Å².